The number of nitrogens with one attached hydrogen (secondary N) is 2. The molecule has 0 saturated heterocycles. The number of anilines is 1. The van der Waals surface area contributed by atoms with E-state index in [2.05, 4.69) is 32.8 Å². The fraction of sp³-hybridized carbons (Fsp3) is 0.533. The van der Waals surface area contributed by atoms with Gasteiger partial charge in [-0.15, -0.1) is 0 Å². The van der Waals surface area contributed by atoms with Crippen LogP contribution in [0.5, 0.6) is 0 Å². The highest BCUT2D eigenvalue weighted by Crippen LogP contribution is 2.17. The van der Waals surface area contributed by atoms with Crippen molar-refractivity contribution in [1.29, 1.82) is 0 Å². The third-order valence-electron chi connectivity index (χ3n) is 3.89. The summed E-state index contributed by atoms with van der Waals surface area (Å²) in [6.07, 6.45) is 6.66. The number of hydroxylamine groups is 2. The van der Waals surface area contributed by atoms with Crippen molar-refractivity contribution in [2.75, 3.05) is 12.0 Å². The smallest absolute Gasteiger partial charge is 0.243 e. The minimum atomic E-state index is -0.527. The van der Waals surface area contributed by atoms with E-state index in [1.807, 2.05) is 0 Å². The SMILES string of the molecule is CCCCC[C@@H](CN(O)C=O)C(=O)NNc1ncnc2c1cnn2C. The van der Waals surface area contributed by atoms with Gasteiger partial charge in [0.25, 0.3) is 0 Å². The third-order valence-corrected chi connectivity index (χ3v) is 3.89. The Morgan fingerprint density at radius 2 is 2.24 bits per heavy atom. The van der Waals surface area contributed by atoms with Gasteiger partial charge in [0, 0.05) is 7.05 Å². The number of hydrogen-bond donors (Lipinski definition) is 3. The van der Waals surface area contributed by atoms with Crippen molar-refractivity contribution in [3.63, 3.8) is 0 Å². The number of hydrazine groups is 1. The van der Waals surface area contributed by atoms with E-state index in [4.69, 9.17) is 0 Å². The van der Waals surface area contributed by atoms with Gasteiger partial charge >= 0.3 is 0 Å². The molecule has 0 aliphatic carbocycles. The molecular weight excluding hydrogens is 326 g/mol. The first-order valence-electron chi connectivity index (χ1n) is 8.16. The van der Waals surface area contributed by atoms with Crippen molar-refractivity contribution in [3.05, 3.63) is 12.5 Å². The van der Waals surface area contributed by atoms with E-state index < -0.39 is 5.92 Å². The lowest BCUT2D eigenvalue weighted by Gasteiger charge is -2.19. The Hall–Kier alpha value is -2.75. The summed E-state index contributed by atoms with van der Waals surface area (Å²) in [5.74, 6) is -0.428. The highest BCUT2D eigenvalue weighted by Gasteiger charge is 2.21. The van der Waals surface area contributed by atoms with Crippen LogP contribution in [0.1, 0.15) is 32.6 Å². The fourth-order valence-corrected chi connectivity index (χ4v) is 2.50. The highest BCUT2D eigenvalue weighted by molar-refractivity contribution is 5.87. The summed E-state index contributed by atoms with van der Waals surface area (Å²) in [4.78, 5) is 31.3. The summed E-state index contributed by atoms with van der Waals surface area (Å²) in [6.45, 7) is 2.00. The molecule has 2 aromatic heterocycles. The van der Waals surface area contributed by atoms with Gasteiger partial charge < -0.3 is 0 Å². The van der Waals surface area contributed by atoms with Crippen molar-refractivity contribution in [2.45, 2.75) is 32.6 Å². The molecule has 0 aliphatic rings. The average molecular weight is 349 g/mol. The number of nitrogens with zero attached hydrogens (tertiary/aromatic N) is 5. The van der Waals surface area contributed by atoms with E-state index >= 15 is 0 Å². The number of amides is 2. The highest BCUT2D eigenvalue weighted by atomic mass is 16.5. The van der Waals surface area contributed by atoms with Crippen LogP contribution in [-0.2, 0) is 16.6 Å². The molecule has 0 unspecified atom stereocenters. The van der Waals surface area contributed by atoms with Gasteiger partial charge in [0.1, 0.15) is 6.33 Å². The van der Waals surface area contributed by atoms with Crippen LogP contribution in [0, 0.1) is 5.92 Å². The molecule has 2 amide bonds. The molecule has 0 aliphatic heterocycles. The Labute approximate surface area is 145 Å². The van der Waals surface area contributed by atoms with Crippen LogP contribution in [0.4, 0.5) is 5.82 Å². The summed E-state index contributed by atoms with van der Waals surface area (Å²) in [7, 11) is 1.76. The monoisotopic (exact) mass is 349 g/mol. The number of carbonyl (C=O) groups is 2. The minimum Gasteiger partial charge on any atom is -0.286 e. The second kappa shape index (κ2) is 8.92. The second-order valence-corrected chi connectivity index (χ2v) is 5.76. The van der Waals surface area contributed by atoms with Crippen molar-refractivity contribution in [1.82, 2.24) is 30.2 Å². The topological polar surface area (TPSA) is 125 Å². The molecule has 0 radical (unpaired) electrons. The van der Waals surface area contributed by atoms with E-state index in [1.165, 1.54) is 6.33 Å². The largest absolute Gasteiger partial charge is 0.286 e. The van der Waals surface area contributed by atoms with Gasteiger partial charge in [-0.1, -0.05) is 26.2 Å². The molecule has 0 aromatic carbocycles. The van der Waals surface area contributed by atoms with Gasteiger partial charge in [0.2, 0.25) is 12.3 Å². The number of aromatic nitrogens is 4. The fourth-order valence-electron chi connectivity index (χ4n) is 2.50. The standard InChI is InChI=1S/C15H23N7O3/c1-3-4-5-6-11(8-22(25)10-23)15(24)20-19-13-12-7-18-21(2)14(12)17-9-16-13/h7,9-11,25H,3-6,8H2,1-2H3,(H,20,24)(H,16,17,19)/t11-/m0/s1. The van der Waals surface area contributed by atoms with Gasteiger partial charge in [-0.25, -0.2) is 15.0 Å². The third kappa shape index (κ3) is 4.86. The lowest BCUT2D eigenvalue weighted by atomic mass is 10.0. The van der Waals surface area contributed by atoms with E-state index in [1.54, 1.807) is 17.9 Å². The summed E-state index contributed by atoms with van der Waals surface area (Å²) < 4.78 is 1.60. The molecule has 10 heteroatoms. The zero-order valence-corrected chi connectivity index (χ0v) is 14.3. The Morgan fingerprint density at radius 3 is 2.96 bits per heavy atom. The Morgan fingerprint density at radius 1 is 1.44 bits per heavy atom. The van der Waals surface area contributed by atoms with Gasteiger partial charge in [0.05, 0.1) is 24.0 Å². The average Bonchev–Trinajstić information content (AvgIpc) is 3.00. The predicted octanol–water partition coefficient (Wildman–Crippen LogP) is 0.851. The Balaban J connectivity index is 2.02. The van der Waals surface area contributed by atoms with Crippen LogP contribution in [0.3, 0.4) is 0 Å². The van der Waals surface area contributed by atoms with Crippen molar-refractivity contribution in [3.8, 4) is 0 Å². The van der Waals surface area contributed by atoms with Crippen LogP contribution in [0.25, 0.3) is 11.0 Å². The molecule has 3 N–H and O–H groups in total. The number of rotatable bonds is 10. The molecule has 2 heterocycles. The van der Waals surface area contributed by atoms with E-state index in [-0.39, 0.29) is 18.9 Å². The lowest BCUT2D eigenvalue weighted by Crippen LogP contribution is -2.40. The molecule has 136 valence electrons. The first-order valence-corrected chi connectivity index (χ1v) is 8.16. The number of fused-ring (bicyclic) bond motifs is 1. The Bertz CT molecular complexity index is 718. The lowest BCUT2D eigenvalue weighted by molar-refractivity contribution is -0.154. The van der Waals surface area contributed by atoms with Gasteiger partial charge in [0.15, 0.2) is 11.5 Å². The summed E-state index contributed by atoms with van der Waals surface area (Å²) in [6, 6.07) is 0. The van der Waals surface area contributed by atoms with Crippen LogP contribution < -0.4 is 10.9 Å². The molecule has 2 rings (SSSR count). The first kappa shape index (κ1) is 18.6. The molecule has 1 atom stereocenters. The van der Waals surface area contributed by atoms with Crippen molar-refractivity contribution >= 4 is 29.2 Å². The molecule has 0 spiro atoms. The molecule has 0 bridgehead atoms. The van der Waals surface area contributed by atoms with Gasteiger partial charge in [-0.05, 0) is 6.42 Å². The van der Waals surface area contributed by atoms with Crippen LogP contribution in [0.15, 0.2) is 12.5 Å². The molecular formula is C15H23N7O3. The zero-order chi connectivity index (χ0) is 18.2. The molecule has 10 nitrogen and oxygen atoms in total. The summed E-state index contributed by atoms with van der Waals surface area (Å²) in [5.41, 5.74) is 5.99. The maximum Gasteiger partial charge on any atom is 0.243 e. The van der Waals surface area contributed by atoms with Crippen molar-refractivity contribution < 1.29 is 14.8 Å². The first-order chi connectivity index (χ1) is 12.1. The molecule has 0 fully saturated rings. The molecule has 25 heavy (non-hydrogen) atoms. The number of unbranched alkanes of at least 4 members (excludes halogenated alkanes) is 2. The normalized spacial score (nSPS) is 12.0. The zero-order valence-electron chi connectivity index (χ0n) is 14.3. The van der Waals surface area contributed by atoms with E-state index in [0.717, 1.165) is 19.3 Å². The van der Waals surface area contributed by atoms with Gasteiger partial charge in [-0.2, -0.15) is 5.10 Å². The van der Waals surface area contributed by atoms with Crippen molar-refractivity contribution in [2.24, 2.45) is 13.0 Å². The Kier molecular flexibility index (Phi) is 6.63. The number of hydrogen-bond acceptors (Lipinski definition) is 7. The maximum absolute atomic E-state index is 12.4. The number of aryl methyl sites for hydroxylation is 1. The second-order valence-electron chi connectivity index (χ2n) is 5.76. The summed E-state index contributed by atoms with van der Waals surface area (Å²) in [5, 5.41) is 14.7. The van der Waals surface area contributed by atoms with E-state index in [0.29, 0.717) is 28.3 Å². The van der Waals surface area contributed by atoms with Crippen LogP contribution in [-0.4, -0.2) is 48.9 Å². The number of carbonyl (C=O) groups excluding carboxylic acids is 2. The predicted molar refractivity (Wildman–Crippen MR) is 90.3 cm³/mol. The van der Waals surface area contributed by atoms with Gasteiger partial charge in [-0.3, -0.25) is 30.3 Å². The van der Waals surface area contributed by atoms with E-state index in [9.17, 15) is 14.8 Å². The minimum absolute atomic E-state index is 0.0627. The maximum atomic E-state index is 12.4. The molecule has 0 saturated carbocycles. The van der Waals surface area contributed by atoms with Crippen LogP contribution >= 0.6 is 0 Å². The molecule has 2 aromatic rings. The van der Waals surface area contributed by atoms with Crippen LogP contribution in [0.2, 0.25) is 0 Å². The summed E-state index contributed by atoms with van der Waals surface area (Å²) >= 11 is 0. The quantitative estimate of drug-likeness (QED) is 0.251.